The highest BCUT2D eigenvalue weighted by Crippen LogP contribution is 2.47. The van der Waals surface area contributed by atoms with Crippen molar-refractivity contribution in [2.45, 2.75) is 51.1 Å². The van der Waals surface area contributed by atoms with Gasteiger partial charge in [0.25, 0.3) is 0 Å². The number of likely N-dealkylation sites (tertiary alicyclic amines) is 1. The van der Waals surface area contributed by atoms with Crippen LogP contribution in [0.1, 0.15) is 55.3 Å². The molecule has 34 heavy (non-hydrogen) atoms. The lowest BCUT2D eigenvalue weighted by molar-refractivity contribution is -0.137. The van der Waals surface area contributed by atoms with Crippen LogP contribution < -0.4 is 0 Å². The molecule has 2 aliphatic heterocycles. The third kappa shape index (κ3) is 4.47. The first-order valence-electron chi connectivity index (χ1n) is 12.4. The van der Waals surface area contributed by atoms with E-state index >= 15 is 0 Å². The van der Waals surface area contributed by atoms with Crippen molar-refractivity contribution in [2.75, 3.05) is 40.0 Å². The molecule has 0 radical (unpaired) electrons. The summed E-state index contributed by atoms with van der Waals surface area (Å²) in [6.07, 6.45) is 2.62. The van der Waals surface area contributed by atoms with E-state index in [4.69, 9.17) is 9.57 Å². The fourth-order valence-corrected chi connectivity index (χ4v) is 6.49. The number of ether oxygens (including phenoxy) is 1. The molecule has 0 amide bonds. The average Bonchev–Trinajstić information content (AvgIpc) is 3.20. The summed E-state index contributed by atoms with van der Waals surface area (Å²) in [6, 6.07) is 4.11. The van der Waals surface area contributed by atoms with E-state index in [9.17, 15) is 13.2 Å². The standard InChI is InChI=1S/C26H34F3N3O2/c1-17-21-15-32(10-6-25(16-30-33-2)7-11-34-12-8-25)9-5-18(21)13-23-24(17)20-14-19(26(27,28)29)3-4-22(20)31-23/h3-4,14,16-18,21,31H,5-13,15H2,1-2H3/b30-16+/t17-,18-,21-/m1/s1. The van der Waals surface area contributed by atoms with Crippen LogP contribution in [0.5, 0.6) is 0 Å². The lowest BCUT2D eigenvalue weighted by Gasteiger charge is -2.45. The Morgan fingerprint density at radius 1 is 1.29 bits per heavy atom. The fraction of sp³-hybridized carbons (Fsp3) is 0.654. The SMILES string of the molecule is CO/N=C/C1(CCN2CC[C@@H]3Cc4[nH]c5ccc(C(F)(F)F)cc5c4[C@H](C)[C@H]3C2)CCOCC1. The van der Waals surface area contributed by atoms with Crippen LogP contribution in [0.3, 0.4) is 0 Å². The maximum Gasteiger partial charge on any atom is 0.416 e. The Bertz CT molecular complexity index is 1040. The van der Waals surface area contributed by atoms with E-state index in [0.29, 0.717) is 11.8 Å². The van der Waals surface area contributed by atoms with Crippen molar-refractivity contribution in [3.8, 4) is 0 Å². The number of halogens is 3. The van der Waals surface area contributed by atoms with Crippen LogP contribution in [0.25, 0.3) is 10.9 Å². The summed E-state index contributed by atoms with van der Waals surface area (Å²) in [7, 11) is 1.58. The number of H-pyrrole nitrogens is 1. The molecular formula is C26H34F3N3O2. The number of piperidine rings is 1. The summed E-state index contributed by atoms with van der Waals surface area (Å²) in [5, 5.41) is 4.84. The number of benzene rings is 1. The smallest absolute Gasteiger partial charge is 0.399 e. The molecule has 0 bridgehead atoms. The van der Waals surface area contributed by atoms with Gasteiger partial charge in [0.1, 0.15) is 7.11 Å². The van der Waals surface area contributed by atoms with Crippen LogP contribution >= 0.6 is 0 Å². The number of rotatable bonds is 5. The Balaban J connectivity index is 1.33. The Hall–Kier alpha value is -2.06. The van der Waals surface area contributed by atoms with Crippen molar-refractivity contribution in [3.05, 3.63) is 35.0 Å². The minimum atomic E-state index is -4.33. The molecule has 3 aliphatic rings. The second-order valence-electron chi connectivity index (χ2n) is 10.4. The highest BCUT2D eigenvalue weighted by molar-refractivity contribution is 5.86. The zero-order chi connectivity index (χ0) is 23.9. The molecule has 1 aromatic heterocycles. The number of fused-ring (bicyclic) bond motifs is 4. The Morgan fingerprint density at radius 3 is 2.82 bits per heavy atom. The monoisotopic (exact) mass is 477 g/mol. The van der Waals surface area contributed by atoms with Gasteiger partial charge in [0, 0.05) is 41.8 Å². The molecule has 2 aromatic rings. The van der Waals surface area contributed by atoms with Crippen LogP contribution in [-0.4, -0.2) is 56.1 Å². The minimum Gasteiger partial charge on any atom is -0.399 e. The third-order valence-corrected chi connectivity index (χ3v) is 8.55. The average molecular weight is 478 g/mol. The number of aromatic nitrogens is 1. The summed E-state index contributed by atoms with van der Waals surface area (Å²) in [5.41, 5.74) is 2.49. The van der Waals surface area contributed by atoms with Gasteiger partial charge in [-0.05, 0) is 86.7 Å². The second kappa shape index (κ2) is 9.19. The summed E-state index contributed by atoms with van der Waals surface area (Å²) >= 11 is 0. The van der Waals surface area contributed by atoms with Crippen molar-refractivity contribution in [3.63, 3.8) is 0 Å². The normalized spacial score (nSPS) is 27.6. The van der Waals surface area contributed by atoms with Gasteiger partial charge in [0.15, 0.2) is 0 Å². The van der Waals surface area contributed by atoms with Gasteiger partial charge in [-0.25, -0.2) is 0 Å². The highest BCUT2D eigenvalue weighted by Gasteiger charge is 2.41. The van der Waals surface area contributed by atoms with Gasteiger partial charge >= 0.3 is 6.18 Å². The Labute approximate surface area is 198 Å². The van der Waals surface area contributed by atoms with E-state index in [1.54, 1.807) is 13.2 Å². The van der Waals surface area contributed by atoms with Crippen LogP contribution in [-0.2, 0) is 22.2 Å². The molecule has 0 saturated carbocycles. The highest BCUT2D eigenvalue weighted by atomic mass is 19.4. The summed E-state index contributed by atoms with van der Waals surface area (Å²) in [5.74, 6) is 1.25. The number of hydrogen-bond donors (Lipinski definition) is 1. The van der Waals surface area contributed by atoms with Gasteiger partial charge in [0.05, 0.1) is 11.8 Å². The second-order valence-corrected chi connectivity index (χ2v) is 10.4. The molecule has 2 saturated heterocycles. The van der Waals surface area contributed by atoms with E-state index in [-0.39, 0.29) is 11.3 Å². The molecule has 3 atom stereocenters. The minimum absolute atomic E-state index is 0.0152. The van der Waals surface area contributed by atoms with E-state index in [1.807, 2.05) is 6.21 Å². The predicted octanol–water partition coefficient (Wildman–Crippen LogP) is 5.60. The number of oxime groups is 1. The molecule has 5 rings (SSSR count). The Kier molecular flexibility index (Phi) is 6.40. The number of aromatic amines is 1. The first-order valence-corrected chi connectivity index (χ1v) is 12.4. The van der Waals surface area contributed by atoms with Crippen LogP contribution in [0, 0.1) is 17.3 Å². The van der Waals surface area contributed by atoms with Gasteiger partial charge < -0.3 is 19.5 Å². The fourth-order valence-electron chi connectivity index (χ4n) is 6.49. The van der Waals surface area contributed by atoms with Gasteiger partial charge in [0.2, 0.25) is 0 Å². The Morgan fingerprint density at radius 2 is 2.09 bits per heavy atom. The number of nitrogens with one attached hydrogen (secondary N) is 1. The van der Waals surface area contributed by atoms with E-state index in [1.165, 1.54) is 12.1 Å². The molecule has 186 valence electrons. The molecule has 2 fully saturated rings. The van der Waals surface area contributed by atoms with Gasteiger partial charge in [-0.1, -0.05) is 12.1 Å². The zero-order valence-corrected chi connectivity index (χ0v) is 20.0. The van der Waals surface area contributed by atoms with Crippen molar-refractivity contribution < 1.29 is 22.7 Å². The molecule has 0 unspecified atom stereocenters. The number of hydrogen-bond acceptors (Lipinski definition) is 4. The molecule has 1 aromatic carbocycles. The first kappa shape index (κ1) is 23.7. The van der Waals surface area contributed by atoms with Crippen LogP contribution in [0.2, 0.25) is 0 Å². The maximum absolute atomic E-state index is 13.4. The number of alkyl halides is 3. The van der Waals surface area contributed by atoms with E-state index in [0.717, 1.165) is 87.1 Å². The third-order valence-electron chi connectivity index (χ3n) is 8.55. The summed E-state index contributed by atoms with van der Waals surface area (Å²) < 4.78 is 45.7. The molecular weight excluding hydrogens is 443 g/mol. The summed E-state index contributed by atoms with van der Waals surface area (Å²) in [6.45, 7) is 6.75. The quantitative estimate of drug-likeness (QED) is 0.450. The van der Waals surface area contributed by atoms with E-state index < -0.39 is 11.7 Å². The van der Waals surface area contributed by atoms with Crippen molar-refractivity contribution in [1.29, 1.82) is 0 Å². The van der Waals surface area contributed by atoms with Gasteiger partial charge in [-0.2, -0.15) is 13.2 Å². The lowest BCUT2D eigenvalue weighted by Crippen LogP contribution is -2.46. The molecule has 8 heteroatoms. The maximum atomic E-state index is 13.4. The molecule has 1 aliphatic carbocycles. The molecule has 3 heterocycles. The van der Waals surface area contributed by atoms with Crippen LogP contribution in [0.4, 0.5) is 13.2 Å². The molecule has 0 spiro atoms. The van der Waals surface area contributed by atoms with Crippen molar-refractivity contribution >= 4 is 17.1 Å². The number of nitrogens with zero attached hydrogens (tertiary/aromatic N) is 2. The van der Waals surface area contributed by atoms with Gasteiger partial charge in [-0.15, -0.1) is 0 Å². The van der Waals surface area contributed by atoms with Gasteiger partial charge in [-0.3, -0.25) is 0 Å². The molecule has 5 nitrogen and oxygen atoms in total. The first-order chi connectivity index (χ1) is 16.3. The van der Waals surface area contributed by atoms with Crippen LogP contribution in [0.15, 0.2) is 23.4 Å². The largest absolute Gasteiger partial charge is 0.416 e. The van der Waals surface area contributed by atoms with Crippen molar-refractivity contribution in [1.82, 2.24) is 9.88 Å². The van der Waals surface area contributed by atoms with Crippen molar-refractivity contribution in [2.24, 2.45) is 22.4 Å². The predicted molar refractivity (Wildman–Crippen MR) is 126 cm³/mol. The zero-order valence-electron chi connectivity index (χ0n) is 20.0. The lowest BCUT2D eigenvalue weighted by atomic mass is 9.68. The molecule has 1 N–H and O–H groups in total. The topological polar surface area (TPSA) is 49.8 Å². The van der Waals surface area contributed by atoms with E-state index in [2.05, 4.69) is 22.0 Å². The summed E-state index contributed by atoms with van der Waals surface area (Å²) in [4.78, 5) is 11.0.